The molecule has 0 spiro atoms. The van der Waals surface area contributed by atoms with Gasteiger partial charge in [-0.2, -0.15) is 0 Å². The molecule has 3 heterocycles. The van der Waals surface area contributed by atoms with Crippen molar-refractivity contribution in [2.75, 3.05) is 43.0 Å². The van der Waals surface area contributed by atoms with Crippen LogP contribution in [-0.4, -0.2) is 61.0 Å². The molecule has 29 heavy (non-hydrogen) atoms. The van der Waals surface area contributed by atoms with Crippen LogP contribution in [0.5, 0.6) is 0 Å². The summed E-state index contributed by atoms with van der Waals surface area (Å²) < 4.78 is 0. The number of hydrogen-bond acceptors (Lipinski definition) is 5. The number of nitrogens with one attached hydrogen (secondary N) is 1. The number of likely N-dealkylation sites (N-methyl/N-ethyl adjacent to an activating group) is 1. The zero-order valence-corrected chi connectivity index (χ0v) is 17.0. The van der Waals surface area contributed by atoms with Crippen LogP contribution in [0.3, 0.4) is 0 Å². The predicted octanol–water partition coefficient (Wildman–Crippen LogP) is 1.89. The Labute approximate surface area is 171 Å². The van der Waals surface area contributed by atoms with E-state index in [1.54, 1.807) is 6.20 Å². The Morgan fingerprint density at radius 1 is 1.24 bits per heavy atom. The van der Waals surface area contributed by atoms with Crippen LogP contribution in [-0.2, 0) is 11.3 Å². The molecule has 2 aliphatic heterocycles. The molecule has 7 nitrogen and oxygen atoms in total. The van der Waals surface area contributed by atoms with E-state index in [0.29, 0.717) is 25.3 Å². The molecule has 1 N–H and O–H groups in total. The van der Waals surface area contributed by atoms with E-state index in [-0.39, 0.29) is 17.9 Å². The van der Waals surface area contributed by atoms with Gasteiger partial charge in [0.1, 0.15) is 5.69 Å². The number of benzene rings is 1. The summed E-state index contributed by atoms with van der Waals surface area (Å²) in [4.78, 5) is 35.7. The van der Waals surface area contributed by atoms with Crippen LogP contribution in [0.4, 0.5) is 11.4 Å². The maximum Gasteiger partial charge on any atom is 0.273 e. The molecule has 0 bridgehead atoms. The molecule has 0 saturated carbocycles. The van der Waals surface area contributed by atoms with Gasteiger partial charge in [-0.05, 0) is 30.2 Å². The molecule has 1 fully saturated rings. The molecule has 2 amide bonds. The number of fused-ring (bicyclic) bond motifs is 1. The Bertz CT molecular complexity index is 916. The summed E-state index contributed by atoms with van der Waals surface area (Å²) in [5, 5.41) is 2.83. The van der Waals surface area contributed by atoms with E-state index in [4.69, 9.17) is 0 Å². The average molecular weight is 393 g/mol. The van der Waals surface area contributed by atoms with Gasteiger partial charge in [-0.15, -0.1) is 0 Å². The van der Waals surface area contributed by atoms with Crippen LogP contribution in [0.1, 0.15) is 29.4 Å². The average Bonchev–Trinajstić information content (AvgIpc) is 2.90. The number of aromatic nitrogens is 1. The van der Waals surface area contributed by atoms with Crippen molar-refractivity contribution in [2.24, 2.45) is 0 Å². The van der Waals surface area contributed by atoms with E-state index >= 15 is 0 Å². The number of pyridine rings is 1. The summed E-state index contributed by atoms with van der Waals surface area (Å²) in [6.07, 6.45) is 2.53. The standard InChI is InChI=1S/C22H27N5O2/c1-3-17-14-25(2)20-7-5-4-6-16(20)13-27(17)22(29)19-12-18(8-9-23-19)26-11-10-24-21(28)15-26/h4-9,12,17H,3,10-11,13-15H2,1-2H3,(H,24,28). The number of nitrogens with zero attached hydrogens (tertiary/aromatic N) is 4. The van der Waals surface area contributed by atoms with Gasteiger partial charge in [0.2, 0.25) is 5.91 Å². The van der Waals surface area contributed by atoms with E-state index in [1.807, 2.05) is 34.1 Å². The van der Waals surface area contributed by atoms with Gasteiger partial charge >= 0.3 is 0 Å². The van der Waals surface area contributed by atoms with Crippen molar-refractivity contribution < 1.29 is 9.59 Å². The third kappa shape index (κ3) is 3.90. The molecule has 4 rings (SSSR count). The fraction of sp³-hybridized carbons (Fsp3) is 0.409. The first-order valence-electron chi connectivity index (χ1n) is 10.1. The Kier molecular flexibility index (Phi) is 5.38. The minimum absolute atomic E-state index is 0.000789. The highest BCUT2D eigenvalue weighted by Gasteiger charge is 2.30. The lowest BCUT2D eigenvalue weighted by Crippen LogP contribution is -2.48. The highest BCUT2D eigenvalue weighted by Crippen LogP contribution is 2.28. The smallest absolute Gasteiger partial charge is 0.273 e. The van der Waals surface area contributed by atoms with Crippen molar-refractivity contribution in [3.63, 3.8) is 0 Å². The van der Waals surface area contributed by atoms with E-state index in [0.717, 1.165) is 30.8 Å². The Hall–Kier alpha value is -3.09. The molecule has 1 aromatic carbocycles. The number of piperazine rings is 1. The van der Waals surface area contributed by atoms with Crippen LogP contribution in [0.15, 0.2) is 42.6 Å². The summed E-state index contributed by atoms with van der Waals surface area (Å²) in [6.45, 7) is 5.10. The summed E-state index contributed by atoms with van der Waals surface area (Å²) in [5.41, 5.74) is 3.60. The quantitative estimate of drug-likeness (QED) is 0.863. The van der Waals surface area contributed by atoms with Crippen molar-refractivity contribution in [2.45, 2.75) is 25.9 Å². The number of amides is 2. The normalized spacial score (nSPS) is 19.4. The van der Waals surface area contributed by atoms with E-state index < -0.39 is 0 Å². The third-order valence-corrected chi connectivity index (χ3v) is 5.77. The first-order chi connectivity index (χ1) is 14.1. The first-order valence-corrected chi connectivity index (χ1v) is 10.1. The Morgan fingerprint density at radius 3 is 2.86 bits per heavy atom. The van der Waals surface area contributed by atoms with Gasteiger partial charge in [-0.1, -0.05) is 25.1 Å². The zero-order chi connectivity index (χ0) is 20.4. The lowest BCUT2D eigenvalue weighted by molar-refractivity contribution is -0.120. The van der Waals surface area contributed by atoms with Crippen molar-refractivity contribution in [1.82, 2.24) is 15.2 Å². The number of carbonyl (C=O) groups is 2. The first kappa shape index (κ1) is 19.2. The molecule has 1 unspecified atom stereocenters. The fourth-order valence-electron chi connectivity index (χ4n) is 4.17. The topological polar surface area (TPSA) is 68.8 Å². The molecule has 2 aromatic rings. The summed E-state index contributed by atoms with van der Waals surface area (Å²) in [6, 6.07) is 12.0. The second kappa shape index (κ2) is 8.11. The monoisotopic (exact) mass is 393 g/mol. The van der Waals surface area contributed by atoms with Crippen LogP contribution in [0.25, 0.3) is 0 Å². The number of carbonyl (C=O) groups excluding carboxylic acids is 2. The highest BCUT2D eigenvalue weighted by atomic mass is 16.2. The van der Waals surface area contributed by atoms with E-state index in [2.05, 4.69) is 41.3 Å². The largest absolute Gasteiger partial charge is 0.372 e. The summed E-state index contributed by atoms with van der Waals surface area (Å²) in [5.74, 6) is -0.0654. The second-order valence-electron chi connectivity index (χ2n) is 7.68. The van der Waals surface area contributed by atoms with Crippen molar-refractivity contribution in [1.29, 1.82) is 0 Å². The highest BCUT2D eigenvalue weighted by molar-refractivity contribution is 5.94. The van der Waals surface area contributed by atoms with Crippen molar-refractivity contribution in [3.8, 4) is 0 Å². The maximum atomic E-state index is 13.5. The van der Waals surface area contributed by atoms with Gasteiger partial charge in [0.15, 0.2) is 0 Å². The van der Waals surface area contributed by atoms with Crippen LogP contribution in [0, 0.1) is 0 Å². The summed E-state index contributed by atoms with van der Waals surface area (Å²) >= 11 is 0. The molecular formula is C22H27N5O2. The lowest BCUT2D eigenvalue weighted by atomic mass is 10.1. The number of rotatable bonds is 3. The van der Waals surface area contributed by atoms with Crippen molar-refractivity contribution >= 4 is 23.2 Å². The fourth-order valence-corrected chi connectivity index (χ4v) is 4.17. The molecule has 2 aliphatic rings. The Morgan fingerprint density at radius 2 is 2.07 bits per heavy atom. The molecule has 1 saturated heterocycles. The number of hydrogen-bond donors (Lipinski definition) is 1. The number of para-hydroxylation sites is 1. The molecule has 152 valence electrons. The zero-order valence-electron chi connectivity index (χ0n) is 17.0. The van der Waals surface area contributed by atoms with Gasteiger partial charge in [0.25, 0.3) is 5.91 Å². The second-order valence-corrected chi connectivity index (χ2v) is 7.68. The third-order valence-electron chi connectivity index (χ3n) is 5.77. The molecule has 0 radical (unpaired) electrons. The molecular weight excluding hydrogens is 366 g/mol. The van der Waals surface area contributed by atoms with Crippen LogP contribution < -0.4 is 15.1 Å². The van der Waals surface area contributed by atoms with E-state index in [1.165, 1.54) is 5.69 Å². The minimum Gasteiger partial charge on any atom is -0.372 e. The van der Waals surface area contributed by atoms with Crippen LogP contribution >= 0.6 is 0 Å². The van der Waals surface area contributed by atoms with Crippen molar-refractivity contribution in [3.05, 3.63) is 53.9 Å². The van der Waals surface area contributed by atoms with Gasteiger partial charge in [0.05, 0.1) is 6.54 Å². The molecule has 1 atom stereocenters. The molecule has 0 aliphatic carbocycles. The van der Waals surface area contributed by atoms with Gasteiger partial charge in [-0.3, -0.25) is 14.6 Å². The van der Waals surface area contributed by atoms with Crippen LogP contribution in [0.2, 0.25) is 0 Å². The van der Waals surface area contributed by atoms with E-state index in [9.17, 15) is 9.59 Å². The maximum absolute atomic E-state index is 13.5. The SMILES string of the molecule is CCC1CN(C)c2ccccc2CN1C(=O)c1cc(N2CCNC(=O)C2)ccn1. The minimum atomic E-state index is -0.0646. The predicted molar refractivity (Wildman–Crippen MR) is 113 cm³/mol. The molecule has 7 heteroatoms. The van der Waals surface area contributed by atoms with Gasteiger partial charge in [0, 0.05) is 56.8 Å². The lowest BCUT2D eigenvalue weighted by Gasteiger charge is -2.31. The van der Waals surface area contributed by atoms with Gasteiger partial charge in [-0.25, -0.2) is 0 Å². The summed E-state index contributed by atoms with van der Waals surface area (Å²) in [7, 11) is 2.08. The molecule has 1 aromatic heterocycles. The Balaban J connectivity index is 1.62. The van der Waals surface area contributed by atoms with Gasteiger partial charge < -0.3 is 20.0 Å². The number of anilines is 2.